The molecule has 0 spiro atoms. The molecule has 0 fully saturated rings. The predicted molar refractivity (Wildman–Crippen MR) is 94.2 cm³/mol. The van der Waals surface area contributed by atoms with Gasteiger partial charge in [0.25, 0.3) is 0 Å². The first-order valence-corrected chi connectivity index (χ1v) is 7.05. The fraction of sp³-hybridized carbons (Fsp3) is 0.167. The van der Waals surface area contributed by atoms with E-state index in [4.69, 9.17) is 4.42 Å². The predicted octanol–water partition coefficient (Wildman–Crippen LogP) is 3.65. The first kappa shape index (κ1) is 17.1. The quantitative estimate of drug-likeness (QED) is 0.796. The maximum atomic E-state index is 12.8. The molecule has 0 bridgehead atoms. The molecule has 0 aliphatic rings. The molecule has 120 valence electrons. The third-order valence-corrected chi connectivity index (χ3v) is 3.50. The van der Waals surface area contributed by atoms with E-state index in [9.17, 15) is 9.90 Å². The number of hydrogen-bond donors (Lipinski definition) is 1. The summed E-state index contributed by atoms with van der Waals surface area (Å²) in [6.07, 6.45) is 0. The number of nitrogens with zero attached hydrogens (tertiary/aromatic N) is 1. The maximum Gasteiger partial charge on any atom is 0.197 e. The van der Waals surface area contributed by atoms with Crippen LogP contribution in [0.3, 0.4) is 0 Å². The molecule has 0 unspecified atom stereocenters. The fourth-order valence-corrected chi connectivity index (χ4v) is 2.49. The molecule has 2 aromatic carbocycles. The number of phenols is 1. The zero-order chi connectivity index (χ0) is 15.7. The Balaban J connectivity index is 0.00000192. The van der Waals surface area contributed by atoms with Gasteiger partial charge in [-0.25, -0.2) is 0 Å². The van der Waals surface area contributed by atoms with Crippen molar-refractivity contribution >= 4 is 23.4 Å². The number of aromatic hydroxyl groups is 1. The normalized spacial score (nSPS) is 10.7. The van der Waals surface area contributed by atoms with Gasteiger partial charge in [0.2, 0.25) is 0 Å². The Kier molecular flexibility index (Phi) is 5.08. The summed E-state index contributed by atoms with van der Waals surface area (Å²) in [5.74, 6) is 0.735. The van der Waals surface area contributed by atoms with E-state index in [-0.39, 0.29) is 23.6 Å². The number of halogens is 1. The van der Waals surface area contributed by atoms with Crippen LogP contribution < -0.4 is 5.43 Å². The number of rotatable bonds is 3. The number of para-hydroxylation sites is 1. The molecule has 3 rings (SSSR count). The van der Waals surface area contributed by atoms with E-state index in [2.05, 4.69) is 0 Å². The van der Waals surface area contributed by atoms with Crippen molar-refractivity contribution in [2.45, 2.75) is 6.54 Å². The van der Waals surface area contributed by atoms with Crippen molar-refractivity contribution < 1.29 is 9.52 Å². The Bertz CT molecular complexity index is 870. The fourth-order valence-electron chi connectivity index (χ4n) is 2.49. The highest BCUT2D eigenvalue weighted by Gasteiger charge is 2.16. The Morgan fingerprint density at radius 1 is 1.04 bits per heavy atom. The van der Waals surface area contributed by atoms with E-state index in [1.807, 2.05) is 31.1 Å². The molecule has 0 atom stereocenters. The Labute approximate surface area is 140 Å². The van der Waals surface area contributed by atoms with Gasteiger partial charge in [-0.15, -0.1) is 12.4 Å². The molecule has 3 aromatic rings. The van der Waals surface area contributed by atoms with E-state index in [1.54, 1.807) is 36.4 Å². The molecule has 0 aliphatic carbocycles. The number of benzene rings is 2. The van der Waals surface area contributed by atoms with Crippen molar-refractivity contribution in [2.75, 3.05) is 14.1 Å². The summed E-state index contributed by atoms with van der Waals surface area (Å²) in [4.78, 5) is 14.7. The summed E-state index contributed by atoms with van der Waals surface area (Å²) >= 11 is 0. The molecule has 1 heterocycles. The van der Waals surface area contributed by atoms with Gasteiger partial charge < -0.3 is 14.4 Å². The minimum atomic E-state index is -0.0152. The second-order valence-electron chi connectivity index (χ2n) is 5.52. The minimum absolute atomic E-state index is 0. The van der Waals surface area contributed by atoms with Crippen LogP contribution in [-0.2, 0) is 6.54 Å². The standard InChI is InChI=1S/C18H17NO3.ClH/c1-19(2)11-15-17(21)14-5-3-4-6-16(14)22-18(15)12-7-9-13(20)10-8-12;/h3-10,20H,11H2,1-2H3;1H. The van der Waals surface area contributed by atoms with Crippen molar-refractivity contribution in [3.05, 3.63) is 64.3 Å². The largest absolute Gasteiger partial charge is 0.508 e. The van der Waals surface area contributed by atoms with Crippen LogP contribution in [0.15, 0.2) is 57.7 Å². The maximum absolute atomic E-state index is 12.8. The van der Waals surface area contributed by atoms with Crippen LogP contribution in [0.2, 0.25) is 0 Å². The molecule has 1 N–H and O–H groups in total. The lowest BCUT2D eigenvalue weighted by Crippen LogP contribution is -2.19. The summed E-state index contributed by atoms with van der Waals surface area (Å²) in [6.45, 7) is 0.489. The van der Waals surface area contributed by atoms with Gasteiger partial charge in [0.1, 0.15) is 17.1 Å². The van der Waals surface area contributed by atoms with E-state index < -0.39 is 0 Å². The SMILES string of the molecule is CN(C)Cc1c(-c2ccc(O)cc2)oc2ccccc2c1=O.Cl. The minimum Gasteiger partial charge on any atom is -0.508 e. The summed E-state index contributed by atoms with van der Waals surface area (Å²) < 4.78 is 5.99. The van der Waals surface area contributed by atoms with Crippen molar-refractivity contribution in [3.63, 3.8) is 0 Å². The van der Waals surface area contributed by atoms with Crippen molar-refractivity contribution in [1.82, 2.24) is 4.90 Å². The third-order valence-electron chi connectivity index (χ3n) is 3.50. The van der Waals surface area contributed by atoms with Crippen molar-refractivity contribution in [1.29, 1.82) is 0 Å². The number of hydrogen-bond acceptors (Lipinski definition) is 4. The molecule has 23 heavy (non-hydrogen) atoms. The molecule has 0 saturated heterocycles. The highest BCUT2D eigenvalue weighted by molar-refractivity contribution is 5.85. The van der Waals surface area contributed by atoms with E-state index in [1.165, 1.54) is 0 Å². The highest BCUT2D eigenvalue weighted by Crippen LogP contribution is 2.27. The smallest absolute Gasteiger partial charge is 0.197 e. The average Bonchev–Trinajstić information content (AvgIpc) is 2.50. The number of fused-ring (bicyclic) bond motifs is 1. The lowest BCUT2D eigenvalue weighted by Gasteiger charge is -2.14. The molecule has 0 radical (unpaired) electrons. The molecular weight excluding hydrogens is 314 g/mol. The van der Waals surface area contributed by atoms with Gasteiger partial charge in [-0.2, -0.15) is 0 Å². The molecular formula is C18H18ClNO3. The average molecular weight is 332 g/mol. The zero-order valence-electron chi connectivity index (χ0n) is 12.9. The van der Waals surface area contributed by atoms with Gasteiger partial charge in [-0.05, 0) is 50.5 Å². The zero-order valence-corrected chi connectivity index (χ0v) is 13.8. The van der Waals surface area contributed by atoms with Crippen molar-refractivity contribution in [2.24, 2.45) is 0 Å². The van der Waals surface area contributed by atoms with E-state index in [0.717, 1.165) is 5.56 Å². The van der Waals surface area contributed by atoms with Crippen LogP contribution >= 0.6 is 12.4 Å². The molecule has 4 nitrogen and oxygen atoms in total. The first-order valence-electron chi connectivity index (χ1n) is 7.05. The van der Waals surface area contributed by atoms with Crippen LogP contribution in [-0.4, -0.2) is 24.1 Å². The van der Waals surface area contributed by atoms with E-state index in [0.29, 0.717) is 28.8 Å². The van der Waals surface area contributed by atoms with Gasteiger partial charge in [-0.1, -0.05) is 12.1 Å². The topological polar surface area (TPSA) is 53.7 Å². The highest BCUT2D eigenvalue weighted by atomic mass is 35.5. The second-order valence-corrected chi connectivity index (χ2v) is 5.52. The molecule has 5 heteroatoms. The van der Waals surface area contributed by atoms with Crippen LogP contribution in [0.25, 0.3) is 22.3 Å². The van der Waals surface area contributed by atoms with E-state index >= 15 is 0 Å². The summed E-state index contributed by atoms with van der Waals surface area (Å²) in [6, 6.07) is 13.9. The molecule has 1 aromatic heterocycles. The van der Waals surface area contributed by atoms with Gasteiger partial charge in [0, 0.05) is 12.1 Å². The summed E-state index contributed by atoms with van der Waals surface area (Å²) in [7, 11) is 3.82. The number of phenolic OH excluding ortho intramolecular Hbond substituents is 1. The van der Waals surface area contributed by atoms with Crippen LogP contribution in [0.4, 0.5) is 0 Å². The van der Waals surface area contributed by atoms with Crippen molar-refractivity contribution in [3.8, 4) is 17.1 Å². The molecule has 0 saturated carbocycles. The monoisotopic (exact) mass is 331 g/mol. The summed E-state index contributed by atoms with van der Waals surface area (Å²) in [5, 5.41) is 10.0. The van der Waals surface area contributed by atoms with Gasteiger partial charge in [-0.3, -0.25) is 4.79 Å². The lowest BCUT2D eigenvalue weighted by molar-refractivity contribution is 0.397. The van der Waals surface area contributed by atoms with Crippen LogP contribution in [0, 0.1) is 0 Å². The Morgan fingerprint density at radius 3 is 2.35 bits per heavy atom. The molecule has 0 aliphatic heterocycles. The summed E-state index contributed by atoms with van der Waals surface area (Å²) in [5.41, 5.74) is 1.95. The second kappa shape index (κ2) is 6.86. The Hall–Kier alpha value is -2.30. The van der Waals surface area contributed by atoms with Crippen LogP contribution in [0.1, 0.15) is 5.56 Å². The van der Waals surface area contributed by atoms with Crippen LogP contribution in [0.5, 0.6) is 5.75 Å². The third kappa shape index (κ3) is 3.38. The Morgan fingerprint density at radius 2 is 1.70 bits per heavy atom. The van der Waals surface area contributed by atoms with Gasteiger partial charge in [0.15, 0.2) is 5.43 Å². The first-order chi connectivity index (χ1) is 10.6. The lowest BCUT2D eigenvalue weighted by atomic mass is 10.0. The molecule has 0 amide bonds. The van der Waals surface area contributed by atoms with Gasteiger partial charge in [0.05, 0.1) is 10.9 Å². The van der Waals surface area contributed by atoms with Gasteiger partial charge >= 0.3 is 0 Å².